The minimum atomic E-state index is -1.97. The summed E-state index contributed by atoms with van der Waals surface area (Å²) in [5, 5.41) is 3.23. The Hall–Kier alpha value is -1.75. The number of halogens is 1. The van der Waals surface area contributed by atoms with Gasteiger partial charge in [-0.15, -0.1) is 11.3 Å². The number of nitrogens with zero attached hydrogens (tertiary/aromatic N) is 1. The van der Waals surface area contributed by atoms with E-state index in [1.165, 1.54) is 16.9 Å². The van der Waals surface area contributed by atoms with Crippen LogP contribution in [0.1, 0.15) is 49.9 Å². The molecule has 10 heteroatoms. The molecule has 2 aromatic rings. The van der Waals surface area contributed by atoms with Gasteiger partial charge in [-0.25, -0.2) is 0 Å². The van der Waals surface area contributed by atoms with Gasteiger partial charge in [0, 0.05) is 19.1 Å². The van der Waals surface area contributed by atoms with Crippen LogP contribution in [0.5, 0.6) is 0 Å². The predicted octanol–water partition coefficient (Wildman–Crippen LogP) is 5.74. The number of nitrogens with one attached hydrogen (secondary N) is 1. The van der Waals surface area contributed by atoms with Crippen LogP contribution in [0, 0.1) is 5.92 Å². The summed E-state index contributed by atoms with van der Waals surface area (Å²) >= 11 is 7.30. The van der Waals surface area contributed by atoms with Crippen molar-refractivity contribution in [2.24, 2.45) is 5.92 Å². The highest BCUT2D eigenvalue weighted by molar-refractivity contribution is 7.18. The van der Waals surface area contributed by atoms with Gasteiger partial charge in [0.1, 0.15) is 18.2 Å². The first-order valence-corrected chi connectivity index (χ1v) is 17.6. The molecule has 1 N–H and O–H groups in total. The largest absolute Gasteiger partial charge is 0.416 e. The summed E-state index contributed by atoms with van der Waals surface area (Å²) in [4.78, 5) is 29.3. The lowest BCUT2D eigenvalue weighted by atomic mass is 10.00. The SMILES string of the molecule is CC1(C)O[C@@H]2[C@@H](CN(C(=O)c3ccc(Cl)s3)[C@H]2C(=O)NC[C@@H](CO[Si](C)(C)C(C)(C)C)Cc2ccccc2)O1. The van der Waals surface area contributed by atoms with Crippen molar-refractivity contribution in [3.05, 3.63) is 57.2 Å². The predicted molar refractivity (Wildman–Crippen MR) is 158 cm³/mol. The Bertz CT molecular complexity index is 1170. The number of benzene rings is 1. The molecule has 2 amide bonds. The van der Waals surface area contributed by atoms with Gasteiger partial charge in [0.2, 0.25) is 5.91 Å². The second-order valence-corrected chi connectivity index (χ2v) is 19.0. The van der Waals surface area contributed by atoms with Crippen LogP contribution in [0.2, 0.25) is 22.5 Å². The average Bonchev–Trinajstić information content (AvgIpc) is 3.51. The Kier molecular flexibility index (Phi) is 9.00. The first kappa shape index (κ1) is 30.2. The molecule has 0 bridgehead atoms. The topological polar surface area (TPSA) is 77.1 Å². The van der Waals surface area contributed by atoms with E-state index in [9.17, 15) is 9.59 Å². The van der Waals surface area contributed by atoms with Gasteiger partial charge in [0.15, 0.2) is 14.1 Å². The van der Waals surface area contributed by atoms with E-state index < -0.39 is 26.3 Å². The maximum Gasteiger partial charge on any atom is 0.264 e. The molecule has 2 saturated heterocycles. The number of likely N-dealkylation sites (tertiary alicyclic amines) is 1. The molecule has 0 aliphatic carbocycles. The molecule has 0 saturated carbocycles. The van der Waals surface area contributed by atoms with E-state index >= 15 is 0 Å². The van der Waals surface area contributed by atoms with Crippen LogP contribution >= 0.6 is 22.9 Å². The molecule has 214 valence electrons. The maximum atomic E-state index is 13.8. The van der Waals surface area contributed by atoms with Crippen LogP contribution in [0.3, 0.4) is 0 Å². The molecule has 2 fully saturated rings. The van der Waals surface area contributed by atoms with Crippen molar-refractivity contribution in [3.63, 3.8) is 0 Å². The molecular weight excluding hydrogens is 552 g/mol. The number of fused-ring (bicyclic) bond motifs is 1. The van der Waals surface area contributed by atoms with Gasteiger partial charge in [-0.05, 0) is 56.1 Å². The van der Waals surface area contributed by atoms with Crippen molar-refractivity contribution in [1.29, 1.82) is 0 Å². The Morgan fingerprint density at radius 1 is 1.18 bits per heavy atom. The summed E-state index contributed by atoms with van der Waals surface area (Å²) in [6, 6.07) is 12.8. The van der Waals surface area contributed by atoms with Crippen LogP contribution in [0.25, 0.3) is 0 Å². The van der Waals surface area contributed by atoms with E-state index in [-0.39, 0.29) is 35.4 Å². The van der Waals surface area contributed by atoms with Crippen LogP contribution in [-0.4, -0.2) is 68.8 Å². The van der Waals surface area contributed by atoms with Crippen molar-refractivity contribution < 1.29 is 23.5 Å². The number of amides is 2. The fourth-order valence-electron chi connectivity index (χ4n) is 4.86. The number of rotatable bonds is 9. The van der Waals surface area contributed by atoms with Gasteiger partial charge in [-0.1, -0.05) is 62.7 Å². The number of hydrogen-bond donors (Lipinski definition) is 1. The standard InChI is InChI=1S/C29H41ClN2O5SSi/c1-28(2,3)39(6,7)35-18-20(15-19-11-9-8-10-12-19)16-31-26(33)24-25-21(36-29(4,5)37-25)17-32(24)27(34)22-13-14-23(30)38-22/h8-14,20-21,24-25H,15-18H2,1-7H3,(H,31,33)/t20-,21+,24+,25+/m0/s1. The summed E-state index contributed by atoms with van der Waals surface area (Å²) in [6.45, 7) is 16.1. The monoisotopic (exact) mass is 592 g/mol. The molecular formula is C29H41ClN2O5SSi. The van der Waals surface area contributed by atoms with Gasteiger partial charge >= 0.3 is 0 Å². The zero-order valence-corrected chi connectivity index (χ0v) is 26.5. The molecule has 0 spiro atoms. The molecule has 7 nitrogen and oxygen atoms in total. The van der Waals surface area contributed by atoms with Gasteiger partial charge < -0.3 is 24.1 Å². The van der Waals surface area contributed by atoms with E-state index in [4.69, 9.17) is 25.5 Å². The molecule has 3 heterocycles. The number of thiophene rings is 1. The van der Waals surface area contributed by atoms with E-state index in [2.05, 4.69) is 51.3 Å². The molecule has 0 radical (unpaired) electrons. The first-order valence-electron chi connectivity index (χ1n) is 13.5. The quantitative estimate of drug-likeness (QED) is 0.376. The van der Waals surface area contributed by atoms with Crippen molar-refractivity contribution in [2.45, 2.75) is 83.2 Å². The molecule has 4 atom stereocenters. The minimum absolute atomic E-state index is 0.0696. The second kappa shape index (κ2) is 11.6. The van der Waals surface area contributed by atoms with Gasteiger partial charge in [0.05, 0.1) is 15.8 Å². The number of carbonyl (C=O) groups excluding carboxylic acids is 2. The fraction of sp³-hybridized carbons (Fsp3) is 0.586. The highest BCUT2D eigenvalue weighted by Crippen LogP contribution is 2.39. The maximum absolute atomic E-state index is 13.8. The third kappa shape index (κ3) is 7.12. The number of hydrogen-bond acceptors (Lipinski definition) is 6. The Morgan fingerprint density at radius 2 is 1.87 bits per heavy atom. The zero-order chi connectivity index (χ0) is 28.6. The smallest absolute Gasteiger partial charge is 0.264 e. The lowest BCUT2D eigenvalue weighted by Gasteiger charge is -2.37. The Balaban J connectivity index is 1.50. The van der Waals surface area contributed by atoms with Gasteiger partial charge in [-0.3, -0.25) is 9.59 Å². The molecule has 4 rings (SSSR count). The van der Waals surface area contributed by atoms with E-state index in [1.807, 2.05) is 32.0 Å². The average molecular weight is 593 g/mol. The summed E-state index contributed by atoms with van der Waals surface area (Å²) in [6.07, 6.45) is -0.150. The molecule has 39 heavy (non-hydrogen) atoms. The van der Waals surface area contributed by atoms with Crippen molar-refractivity contribution in [3.8, 4) is 0 Å². The summed E-state index contributed by atoms with van der Waals surface area (Å²) in [5.74, 6) is -1.24. The third-order valence-corrected chi connectivity index (χ3v) is 13.7. The minimum Gasteiger partial charge on any atom is -0.416 e. The molecule has 1 aromatic heterocycles. The first-order chi connectivity index (χ1) is 18.2. The molecule has 1 aromatic carbocycles. The highest BCUT2D eigenvalue weighted by atomic mass is 35.5. The second-order valence-electron chi connectivity index (χ2n) is 12.5. The summed E-state index contributed by atoms with van der Waals surface area (Å²) in [7, 11) is -1.97. The number of ether oxygens (including phenoxy) is 2. The lowest BCUT2D eigenvalue weighted by molar-refractivity contribution is -0.162. The molecule has 0 unspecified atom stereocenters. The third-order valence-electron chi connectivity index (χ3n) is 7.98. The zero-order valence-electron chi connectivity index (χ0n) is 24.0. The number of carbonyl (C=O) groups is 2. The Morgan fingerprint density at radius 3 is 2.49 bits per heavy atom. The Labute approximate surface area is 242 Å². The highest BCUT2D eigenvalue weighted by Gasteiger charge is 2.56. The summed E-state index contributed by atoms with van der Waals surface area (Å²) < 4.78 is 19.3. The van der Waals surface area contributed by atoms with Crippen LogP contribution in [-0.2, 0) is 25.1 Å². The van der Waals surface area contributed by atoms with Crippen LogP contribution in [0.4, 0.5) is 0 Å². The van der Waals surface area contributed by atoms with E-state index in [0.29, 0.717) is 22.4 Å². The van der Waals surface area contributed by atoms with Crippen molar-refractivity contribution >= 4 is 43.1 Å². The van der Waals surface area contributed by atoms with Gasteiger partial charge in [-0.2, -0.15) is 0 Å². The van der Waals surface area contributed by atoms with Crippen molar-refractivity contribution in [2.75, 3.05) is 19.7 Å². The molecule has 2 aliphatic rings. The van der Waals surface area contributed by atoms with Gasteiger partial charge in [0.25, 0.3) is 5.91 Å². The van der Waals surface area contributed by atoms with E-state index in [1.54, 1.807) is 17.0 Å². The normalized spacial score (nSPS) is 23.5. The summed E-state index contributed by atoms with van der Waals surface area (Å²) in [5.41, 5.74) is 1.19. The molecule has 2 aliphatic heterocycles. The van der Waals surface area contributed by atoms with Crippen LogP contribution in [0.15, 0.2) is 42.5 Å². The van der Waals surface area contributed by atoms with E-state index in [0.717, 1.165) is 6.42 Å². The van der Waals surface area contributed by atoms with Crippen molar-refractivity contribution in [1.82, 2.24) is 10.2 Å². The lowest BCUT2D eigenvalue weighted by Crippen LogP contribution is -2.52. The van der Waals surface area contributed by atoms with Crippen LogP contribution < -0.4 is 5.32 Å². The fourth-order valence-corrected chi connectivity index (χ4v) is 6.94.